The Bertz CT molecular complexity index is 468. The molecule has 0 aliphatic carbocycles. The van der Waals surface area contributed by atoms with E-state index in [-0.39, 0.29) is 5.91 Å². The number of hydrogen-bond acceptors (Lipinski definition) is 5. The van der Waals surface area contributed by atoms with Crippen LogP contribution >= 0.6 is 0 Å². The van der Waals surface area contributed by atoms with E-state index in [1.165, 1.54) is 0 Å². The van der Waals surface area contributed by atoms with Gasteiger partial charge in [-0.3, -0.25) is 4.79 Å². The van der Waals surface area contributed by atoms with E-state index < -0.39 is 0 Å². The molecule has 1 aromatic rings. The number of nitrogens with one attached hydrogen (secondary N) is 2. The normalized spacial score (nSPS) is 14.6. The predicted molar refractivity (Wildman–Crippen MR) is 75.4 cm³/mol. The Balaban J connectivity index is 2.02. The average Bonchev–Trinajstić information content (AvgIpc) is 2.93. The number of nitrogens with zero attached hydrogens (tertiary/aromatic N) is 3. The molecule has 0 bridgehead atoms. The number of aromatic nitrogens is 2. The molecule has 1 saturated heterocycles. The summed E-state index contributed by atoms with van der Waals surface area (Å²) in [5.41, 5.74) is 0.933. The largest absolute Gasteiger partial charge is 0.373 e. The van der Waals surface area contributed by atoms with Gasteiger partial charge in [-0.15, -0.1) is 0 Å². The van der Waals surface area contributed by atoms with Crippen LogP contribution in [0.4, 0.5) is 11.6 Å². The van der Waals surface area contributed by atoms with E-state index in [2.05, 4.69) is 20.6 Å². The van der Waals surface area contributed by atoms with Crippen LogP contribution in [0.5, 0.6) is 0 Å². The molecule has 0 atom stereocenters. The standard InChI is InChI=1S/C13H21N5O/c1-9-12(14-3)16-10(2)17-13(9)15-8-11(19)18-6-4-5-7-18/h4-8H2,1-3H3,(H2,14,15,16,17). The number of rotatable bonds is 4. The first kappa shape index (κ1) is 13.6. The molecule has 2 heterocycles. The molecule has 6 nitrogen and oxygen atoms in total. The van der Waals surface area contributed by atoms with Crippen molar-refractivity contribution in [1.29, 1.82) is 0 Å². The summed E-state index contributed by atoms with van der Waals surface area (Å²) < 4.78 is 0. The molecule has 6 heteroatoms. The van der Waals surface area contributed by atoms with Gasteiger partial charge < -0.3 is 15.5 Å². The van der Waals surface area contributed by atoms with Gasteiger partial charge in [0.15, 0.2) is 0 Å². The number of carbonyl (C=O) groups excluding carboxylic acids is 1. The first-order chi connectivity index (χ1) is 9.11. The molecule has 0 radical (unpaired) electrons. The SMILES string of the molecule is CNc1nc(C)nc(NCC(=O)N2CCCC2)c1C. The maximum absolute atomic E-state index is 12.0. The van der Waals surface area contributed by atoms with Crippen LogP contribution in [-0.2, 0) is 4.79 Å². The number of likely N-dealkylation sites (tertiary alicyclic amines) is 1. The van der Waals surface area contributed by atoms with Gasteiger partial charge in [-0.2, -0.15) is 0 Å². The number of carbonyl (C=O) groups is 1. The van der Waals surface area contributed by atoms with Gasteiger partial charge in [-0.1, -0.05) is 0 Å². The fourth-order valence-corrected chi connectivity index (χ4v) is 2.28. The molecule has 1 fully saturated rings. The third-order valence-electron chi connectivity index (χ3n) is 3.36. The van der Waals surface area contributed by atoms with Crippen molar-refractivity contribution < 1.29 is 4.79 Å². The lowest BCUT2D eigenvalue weighted by atomic mass is 10.3. The van der Waals surface area contributed by atoms with Crippen molar-refractivity contribution in [2.24, 2.45) is 0 Å². The number of amides is 1. The Morgan fingerprint density at radius 1 is 1.21 bits per heavy atom. The summed E-state index contributed by atoms with van der Waals surface area (Å²) in [4.78, 5) is 22.5. The maximum Gasteiger partial charge on any atom is 0.241 e. The molecule has 2 N–H and O–H groups in total. The van der Waals surface area contributed by atoms with Crippen LogP contribution in [0.25, 0.3) is 0 Å². The van der Waals surface area contributed by atoms with Crippen molar-refractivity contribution in [2.45, 2.75) is 26.7 Å². The Kier molecular flexibility index (Phi) is 4.19. The second kappa shape index (κ2) is 5.86. The maximum atomic E-state index is 12.0. The van der Waals surface area contributed by atoms with Crippen LogP contribution in [0, 0.1) is 13.8 Å². The van der Waals surface area contributed by atoms with Gasteiger partial charge in [0.2, 0.25) is 5.91 Å². The minimum atomic E-state index is 0.138. The second-order valence-corrected chi connectivity index (χ2v) is 4.78. The fourth-order valence-electron chi connectivity index (χ4n) is 2.28. The van der Waals surface area contributed by atoms with Crippen LogP contribution in [-0.4, -0.2) is 47.5 Å². The van der Waals surface area contributed by atoms with Gasteiger partial charge in [0, 0.05) is 25.7 Å². The van der Waals surface area contributed by atoms with E-state index in [9.17, 15) is 4.79 Å². The molecule has 104 valence electrons. The molecule has 0 spiro atoms. The van der Waals surface area contributed by atoms with Crippen molar-refractivity contribution >= 4 is 17.5 Å². The Morgan fingerprint density at radius 3 is 2.47 bits per heavy atom. The van der Waals surface area contributed by atoms with Crippen LogP contribution in [0.15, 0.2) is 0 Å². The van der Waals surface area contributed by atoms with Crippen molar-refractivity contribution in [2.75, 3.05) is 37.3 Å². The summed E-state index contributed by atoms with van der Waals surface area (Å²) in [7, 11) is 1.83. The molecular weight excluding hydrogens is 242 g/mol. The molecule has 19 heavy (non-hydrogen) atoms. The monoisotopic (exact) mass is 263 g/mol. The predicted octanol–water partition coefficient (Wildman–Crippen LogP) is 1.17. The van der Waals surface area contributed by atoms with Gasteiger partial charge in [-0.05, 0) is 26.7 Å². The first-order valence-corrected chi connectivity index (χ1v) is 6.66. The molecule has 2 rings (SSSR count). The quantitative estimate of drug-likeness (QED) is 0.853. The van der Waals surface area contributed by atoms with Crippen molar-refractivity contribution in [3.63, 3.8) is 0 Å². The molecular formula is C13H21N5O. The van der Waals surface area contributed by atoms with E-state index in [1.54, 1.807) is 0 Å². The van der Waals surface area contributed by atoms with Gasteiger partial charge >= 0.3 is 0 Å². The molecule has 1 aliphatic rings. The highest BCUT2D eigenvalue weighted by molar-refractivity contribution is 5.81. The summed E-state index contributed by atoms with van der Waals surface area (Å²) in [6.45, 7) is 5.83. The number of aryl methyl sites for hydroxylation is 1. The lowest BCUT2D eigenvalue weighted by Gasteiger charge is -2.17. The highest BCUT2D eigenvalue weighted by Gasteiger charge is 2.18. The summed E-state index contributed by atoms with van der Waals surface area (Å²) in [5, 5.41) is 6.16. The Hall–Kier alpha value is -1.85. The lowest BCUT2D eigenvalue weighted by Crippen LogP contribution is -2.33. The van der Waals surface area contributed by atoms with Gasteiger partial charge in [0.25, 0.3) is 0 Å². The van der Waals surface area contributed by atoms with Crippen LogP contribution in [0.2, 0.25) is 0 Å². The highest BCUT2D eigenvalue weighted by atomic mass is 16.2. The molecule has 0 unspecified atom stereocenters. The molecule has 1 aromatic heterocycles. The van der Waals surface area contributed by atoms with Crippen molar-refractivity contribution in [1.82, 2.24) is 14.9 Å². The zero-order valence-corrected chi connectivity index (χ0v) is 11.8. The summed E-state index contributed by atoms with van der Waals surface area (Å²) in [6.07, 6.45) is 2.22. The Labute approximate surface area is 113 Å². The van der Waals surface area contributed by atoms with E-state index in [0.717, 1.165) is 43.1 Å². The summed E-state index contributed by atoms with van der Waals surface area (Å²) >= 11 is 0. The van der Waals surface area contributed by atoms with E-state index in [1.807, 2.05) is 25.8 Å². The average molecular weight is 263 g/mol. The molecule has 1 amide bonds. The van der Waals surface area contributed by atoms with Crippen molar-refractivity contribution in [3.8, 4) is 0 Å². The smallest absolute Gasteiger partial charge is 0.241 e. The van der Waals surface area contributed by atoms with E-state index >= 15 is 0 Å². The highest BCUT2D eigenvalue weighted by Crippen LogP contribution is 2.19. The summed E-state index contributed by atoms with van der Waals surface area (Å²) in [5.74, 6) is 2.35. The van der Waals surface area contributed by atoms with Gasteiger partial charge in [0.05, 0.1) is 6.54 Å². The number of anilines is 2. The molecule has 0 aromatic carbocycles. The Morgan fingerprint density at radius 2 is 1.84 bits per heavy atom. The fraction of sp³-hybridized carbons (Fsp3) is 0.615. The first-order valence-electron chi connectivity index (χ1n) is 6.66. The topological polar surface area (TPSA) is 70.1 Å². The lowest BCUT2D eigenvalue weighted by molar-refractivity contribution is -0.128. The van der Waals surface area contributed by atoms with Gasteiger partial charge in [0.1, 0.15) is 17.5 Å². The van der Waals surface area contributed by atoms with Crippen molar-refractivity contribution in [3.05, 3.63) is 11.4 Å². The van der Waals surface area contributed by atoms with Crippen LogP contribution < -0.4 is 10.6 Å². The zero-order valence-electron chi connectivity index (χ0n) is 11.8. The van der Waals surface area contributed by atoms with Crippen LogP contribution in [0.3, 0.4) is 0 Å². The zero-order chi connectivity index (χ0) is 13.8. The third-order valence-corrected chi connectivity index (χ3v) is 3.36. The minimum absolute atomic E-state index is 0.138. The second-order valence-electron chi connectivity index (χ2n) is 4.78. The number of hydrogen-bond donors (Lipinski definition) is 2. The van der Waals surface area contributed by atoms with E-state index in [0.29, 0.717) is 12.4 Å². The van der Waals surface area contributed by atoms with E-state index in [4.69, 9.17) is 0 Å². The van der Waals surface area contributed by atoms with Crippen LogP contribution in [0.1, 0.15) is 24.2 Å². The molecule has 1 aliphatic heterocycles. The van der Waals surface area contributed by atoms with Gasteiger partial charge in [-0.25, -0.2) is 9.97 Å². The molecule has 0 saturated carbocycles. The third kappa shape index (κ3) is 3.13. The minimum Gasteiger partial charge on any atom is -0.373 e. The summed E-state index contributed by atoms with van der Waals surface area (Å²) in [6, 6.07) is 0.